The van der Waals surface area contributed by atoms with Crippen LogP contribution in [-0.2, 0) is 4.74 Å². The zero-order valence-corrected chi connectivity index (χ0v) is 11.4. The molecule has 1 N–H and O–H groups in total. The Bertz CT molecular complexity index is 436. The van der Waals surface area contributed by atoms with Crippen molar-refractivity contribution >= 4 is 27.3 Å². The molecule has 0 radical (unpaired) electrons. The Morgan fingerprint density at radius 3 is 3.11 bits per heavy atom. The third-order valence-electron chi connectivity index (χ3n) is 2.87. The summed E-state index contributed by atoms with van der Waals surface area (Å²) in [6.07, 6.45) is 6.09. The van der Waals surface area contributed by atoms with E-state index >= 15 is 0 Å². The molecule has 0 saturated carbocycles. The van der Waals surface area contributed by atoms with Crippen LogP contribution in [0.5, 0.6) is 0 Å². The molecule has 0 amide bonds. The second-order valence-corrected chi connectivity index (χ2v) is 4.98. The summed E-state index contributed by atoms with van der Waals surface area (Å²) in [7, 11) is 0. The molecule has 0 aromatic carbocycles. The molecule has 0 aliphatic carbocycles. The van der Waals surface area contributed by atoms with Crippen LogP contribution >= 0.6 is 15.9 Å². The lowest BCUT2D eigenvalue weighted by atomic mass is 10.2. The second kappa shape index (κ2) is 6.10. The van der Waals surface area contributed by atoms with Crippen LogP contribution in [0.1, 0.15) is 19.3 Å². The van der Waals surface area contributed by atoms with Crippen LogP contribution in [0.4, 0.5) is 11.4 Å². The van der Waals surface area contributed by atoms with Gasteiger partial charge in [-0.15, -0.1) is 0 Å². The molecule has 0 bridgehead atoms. The number of hydrogen-bond donors (Lipinski definition) is 1. The highest BCUT2D eigenvalue weighted by atomic mass is 79.9. The van der Waals surface area contributed by atoms with Crippen LogP contribution in [0.3, 0.4) is 0 Å². The third kappa shape index (κ3) is 3.17. The van der Waals surface area contributed by atoms with Crippen molar-refractivity contribution in [2.75, 3.05) is 18.5 Å². The number of nitro groups is 1. The lowest BCUT2D eigenvalue weighted by Crippen LogP contribution is -2.13. The van der Waals surface area contributed by atoms with Gasteiger partial charge in [0.15, 0.2) is 0 Å². The summed E-state index contributed by atoms with van der Waals surface area (Å²) in [6.45, 7) is 1.47. The molecule has 1 fully saturated rings. The fourth-order valence-electron chi connectivity index (χ4n) is 1.97. The monoisotopic (exact) mass is 315 g/mol. The Kier molecular flexibility index (Phi) is 4.48. The van der Waals surface area contributed by atoms with Gasteiger partial charge in [0.2, 0.25) is 0 Å². The summed E-state index contributed by atoms with van der Waals surface area (Å²) in [5, 5.41) is 14.0. The van der Waals surface area contributed by atoms with E-state index in [0.29, 0.717) is 16.7 Å². The minimum absolute atomic E-state index is 0.0169. The van der Waals surface area contributed by atoms with Crippen LogP contribution in [0.25, 0.3) is 0 Å². The molecule has 2 rings (SSSR count). The molecule has 0 spiro atoms. The van der Waals surface area contributed by atoms with Crippen LogP contribution < -0.4 is 5.32 Å². The van der Waals surface area contributed by atoms with Gasteiger partial charge in [-0.25, -0.2) is 0 Å². The highest BCUT2D eigenvalue weighted by molar-refractivity contribution is 9.10. The van der Waals surface area contributed by atoms with Crippen molar-refractivity contribution in [2.45, 2.75) is 25.4 Å². The predicted molar refractivity (Wildman–Crippen MR) is 70.7 cm³/mol. The molecule has 18 heavy (non-hydrogen) atoms. The van der Waals surface area contributed by atoms with Gasteiger partial charge in [-0.1, -0.05) is 0 Å². The Balaban J connectivity index is 1.97. The molecule has 98 valence electrons. The van der Waals surface area contributed by atoms with E-state index in [0.717, 1.165) is 25.9 Å². The molecule has 1 saturated heterocycles. The van der Waals surface area contributed by atoms with E-state index in [1.807, 2.05) is 0 Å². The first kappa shape index (κ1) is 13.2. The van der Waals surface area contributed by atoms with Gasteiger partial charge >= 0.3 is 5.69 Å². The SMILES string of the molecule is O=[N+]([O-])c1cncc(Br)c1NCCC1CCCO1. The minimum Gasteiger partial charge on any atom is -0.378 e. The van der Waals surface area contributed by atoms with E-state index in [2.05, 4.69) is 26.2 Å². The lowest BCUT2D eigenvalue weighted by Gasteiger charge is -2.11. The van der Waals surface area contributed by atoms with Crippen LogP contribution in [0.15, 0.2) is 16.9 Å². The third-order valence-corrected chi connectivity index (χ3v) is 3.47. The predicted octanol–water partition coefficient (Wildman–Crippen LogP) is 2.73. The molecule has 1 unspecified atom stereocenters. The number of pyridine rings is 1. The average Bonchev–Trinajstić information content (AvgIpc) is 2.84. The van der Waals surface area contributed by atoms with Crippen molar-refractivity contribution in [1.82, 2.24) is 4.98 Å². The van der Waals surface area contributed by atoms with Crippen molar-refractivity contribution in [3.8, 4) is 0 Å². The number of rotatable bonds is 5. The van der Waals surface area contributed by atoms with Crippen molar-refractivity contribution < 1.29 is 9.66 Å². The zero-order valence-electron chi connectivity index (χ0n) is 9.76. The molecular weight excluding hydrogens is 302 g/mol. The fourth-order valence-corrected chi connectivity index (χ4v) is 2.43. The number of ether oxygens (including phenoxy) is 1. The van der Waals surface area contributed by atoms with E-state index < -0.39 is 4.92 Å². The number of halogens is 1. The summed E-state index contributed by atoms with van der Waals surface area (Å²) in [5.41, 5.74) is 0.463. The second-order valence-electron chi connectivity index (χ2n) is 4.12. The Morgan fingerprint density at radius 2 is 2.44 bits per heavy atom. The first-order valence-corrected chi connectivity index (χ1v) is 6.61. The number of nitrogens with zero attached hydrogens (tertiary/aromatic N) is 2. The van der Waals surface area contributed by atoms with Crippen molar-refractivity contribution in [3.05, 3.63) is 27.0 Å². The summed E-state index contributed by atoms with van der Waals surface area (Å²) in [4.78, 5) is 14.2. The first-order valence-electron chi connectivity index (χ1n) is 5.82. The van der Waals surface area contributed by atoms with Gasteiger partial charge in [-0.2, -0.15) is 0 Å². The van der Waals surface area contributed by atoms with E-state index in [9.17, 15) is 10.1 Å². The quantitative estimate of drug-likeness (QED) is 0.667. The van der Waals surface area contributed by atoms with Crippen LogP contribution in [-0.4, -0.2) is 29.2 Å². The molecule has 1 aromatic heterocycles. The van der Waals surface area contributed by atoms with Gasteiger partial charge in [0, 0.05) is 19.3 Å². The van der Waals surface area contributed by atoms with E-state index in [1.165, 1.54) is 6.20 Å². The first-order chi connectivity index (χ1) is 8.68. The molecular formula is C11H14BrN3O3. The normalized spacial score (nSPS) is 18.8. The summed E-state index contributed by atoms with van der Waals surface area (Å²) in [5.74, 6) is 0. The molecule has 1 aromatic rings. The zero-order chi connectivity index (χ0) is 13.0. The van der Waals surface area contributed by atoms with E-state index in [4.69, 9.17) is 4.74 Å². The maximum Gasteiger partial charge on any atom is 0.311 e. The lowest BCUT2D eigenvalue weighted by molar-refractivity contribution is -0.384. The molecule has 6 nitrogen and oxygen atoms in total. The van der Waals surface area contributed by atoms with E-state index in [-0.39, 0.29) is 11.8 Å². The van der Waals surface area contributed by atoms with Gasteiger partial charge in [-0.3, -0.25) is 15.1 Å². The maximum atomic E-state index is 10.9. The van der Waals surface area contributed by atoms with Crippen molar-refractivity contribution in [2.24, 2.45) is 0 Å². The average molecular weight is 316 g/mol. The molecule has 2 heterocycles. The minimum atomic E-state index is -0.438. The summed E-state index contributed by atoms with van der Waals surface area (Å²) < 4.78 is 6.10. The Hall–Kier alpha value is -1.21. The fraction of sp³-hybridized carbons (Fsp3) is 0.545. The Labute approximate surface area is 113 Å². The van der Waals surface area contributed by atoms with Gasteiger partial charge in [0.25, 0.3) is 0 Å². The van der Waals surface area contributed by atoms with E-state index in [1.54, 1.807) is 6.20 Å². The highest BCUT2D eigenvalue weighted by Crippen LogP contribution is 2.31. The molecule has 1 aliphatic rings. The number of anilines is 1. The van der Waals surface area contributed by atoms with Crippen molar-refractivity contribution in [1.29, 1.82) is 0 Å². The number of nitrogens with one attached hydrogen (secondary N) is 1. The molecule has 1 aliphatic heterocycles. The van der Waals surface area contributed by atoms with Gasteiger partial charge < -0.3 is 10.1 Å². The standard InChI is InChI=1S/C11H14BrN3O3/c12-9-6-13-7-10(15(16)17)11(9)14-4-3-8-2-1-5-18-8/h6-8H,1-5H2,(H,13,14). The van der Waals surface area contributed by atoms with Gasteiger partial charge in [0.1, 0.15) is 11.9 Å². The number of hydrogen-bond acceptors (Lipinski definition) is 5. The molecule has 7 heteroatoms. The number of aromatic nitrogens is 1. The summed E-state index contributed by atoms with van der Waals surface area (Å²) in [6, 6.07) is 0. The van der Waals surface area contributed by atoms with Crippen LogP contribution in [0.2, 0.25) is 0 Å². The topological polar surface area (TPSA) is 77.3 Å². The highest BCUT2D eigenvalue weighted by Gasteiger charge is 2.19. The largest absolute Gasteiger partial charge is 0.378 e. The van der Waals surface area contributed by atoms with Gasteiger partial charge in [-0.05, 0) is 35.2 Å². The van der Waals surface area contributed by atoms with Crippen LogP contribution in [0, 0.1) is 10.1 Å². The Morgan fingerprint density at radius 1 is 1.61 bits per heavy atom. The molecule has 1 atom stereocenters. The van der Waals surface area contributed by atoms with Gasteiger partial charge in [0.05, 0.1) is 15.5 Å². The smallest absolute Gasteiger partial charge is 0.311 e. The van der Waals surface area contributed by atoms with Crippen molar-refractivity contribution in [3.63, 3.8) is 0 Å². The maximum absolute atomic E-state index is 10.9. The summed E-state index contributed by atoms with van der Waals surface area (Å²) >= 11 is 3.27.